The Morgan fingerprint density at radius 1 is 1.20 bits per heavy atom. The lowest BCUT2D eigenvalue weighted by Gasteiger charge is -2.32. The molecule has 5 heteroatoms. The minimum absolute atomic E-state index is 0.488. The highest BCUT2D eigenvalue weighted by Crippen LogP contribution is 2.28. The van der Waals surface area contributed by atoms with Crippen molar-refractivity contribution in [2.45, 2.75) is 32.2 Å². The van der Waals surface area contributed by atoms with Gasteiger partial charge in [0.15, 0.2) is 0 Å². The van der Waals surface area contributed by atoms with E-state index in [0.29, 0.717) is 5.92 Å². The minimum Gasteiger partial charge on any atom is -0.298 e. The highest BCUT2D eigenvalue weighted by molar-refractivity contribution is 5.62. The second-order valence-corrected chi connectivity index (χ2v) is 6.74. The van der Waals surface area contributed by atoms with Gasteiger partial charge in [0.25, 0.3) is 0 Å². The van der Waals surface area contributed by atoms with Crippen LogP contribution in [-0.4, -0.2) is 38.2 Å². The monoisotopic (exact) mass is 333 g/mol. The zero-order valence-electron chi connectivity index (χ0n) is 14.5. The van der Waals surface area contributed by atoms with Crippen LogP contribution < -0.4 is 0 Å². The molecule has 2 aromatic heterocycles. The molecule has 0 aliphatic carbocycles. The number of benzene rings is 1. The van der Waals surface area contributed by atoms with Gasteiger partial charge in [0, 0.05) is 36.5 Å². The number of rotatable bonds is 4. The fourth-order valence-corrected chi connectivity index (χ4v) is 3.67. The van der Waals surface area contributed by atoms with Crippen molar-refractivity contribution in [3.63, 3.8) is 0 Å². The van der Waals surface area contributed by atoms with E-state index in [2.05, 4.69) is 55.4 Å². The second kappa shape index (κ2) is 7.15. The molecule has 3 aromatic rings. The lowest BCUT2D eigenvalue weighted by Crippen LogP contribution is -2.34. The molecule has 1 aliphatic heterocycles. The summed E-state index contributed by atoms with van der Waals surface area (Å²) in [7, 11) is 0. The molecule has 1 aliphatic rings. The molecule has 0 radical (unpaired) electrons. The average Bonchev–Trinajstić information content (AvgIpc) is 3.11. The minimum atomic E-state index is 0.488. The van der Waals surface area contributed by atoms with Crippen LogP contribution in [-0.2, 0) is 6.54 Å². The molecule has 0 amide bonds. The Morgan fingerprint density at radius 2 is 2.08 bits per heavy atom. The Labute approximate surface area is 148 Å². The number of aromatic nitrogens is 4. The smallest absolute Gasteiger partial charge is 0.125 e. The van der Waals surface area contributed by atoms with E-state index < -0.39 is 0 Å². The molecule has 1 atom stereocenters. The molecule has 0 unspecified atom stereocenters. The molecule has 1 fully saturated rings. The maximum atomic E-state index is 4.64. The topological polar surface area (TPSA) is 57.7 Å². The van der Waals surface area contributed by atoms with Crippen LogP contribution in [0.5, 0.6) is 0 Å². The quantitative estimate of drug-likeness (QED) is 0.793. The molecule has 0 bridgehead atoms. The van der Waals surface area contributed by atoms with Crippen molar-refractivity contribution in [2.75, 3.05) is 13.1 Å². The Kier molecular flexibility index (Phi) is 4.57. The van der Waals surface area contributed by atoms with E-state index in [0.717, 1.165) is 31.2 Å². The van der Waals surface area contributed by atoms with Gasteiger partial charge in [0.05, 0.1) is 11.9 Å². The fourth-order valence-electron chi connectivity index (χ4n) is 3.67. The summed E-state index contributed by atoms with van der Waals surface area (Å²) in [5.41, 5.74) is 4.74. The van der Waals surface area contributed by atoms with E-state index in [4.69, 9.17) is 0 Å². The Balaban J connectivity index is 1.49. The molecule has 1 aromatic carbocycles. The van der Waals surface area contributed by atoms with Crippen LogP contribution in [0.3, 0.4) is 0 Å². The van der Waals surface area contributed by atoms with Gasteiger partial charge in [0.1, 0.15) is 5.82 Å². The first-order valence-electron chi connectivity index (χ1n) is 8.89. The Morgan fingerprint density at radius 3 is 2.92 bits per heavy atom. The number of nitrogens with zero attached hydrogens (tertiary/aromatic N) is 4. The average molecular weight is 333 g/mol. The van der Waals surface area contributed by atoms with Crippen LogP contribution in [0, 0.1) is 6.92 Å². The van der Waals surface area contributed by atoms with Gasteiger partial charge in [-0.05, 0) is 37.9 Å². The number of piperidine rings is 1. The van der Waals surface area contributed by atoms with Crippen molar-refractivity contribution in [3.05, 3.63) is 65.9 Å². The largest absolute Gasteiger partial charge is 0.298 e. The summed E-state index contributed by atoms with van der Waals surface area (Å²) in [6, 6.07) is 12.5. The highest BCUT2D eigenvalue weighted by Gasteiger charge is 2.23. The van der Waals surface area contributed by atoms with Crippen molar-refractivity contribution in [2.24, 2.45) is 0 Å². The third kappa shape index (κ3) is 3.61. The maximum absolute atomic E-state index is 4.64. The lowest BCUT2D eigenvalue weighted by molar-refractivity contribution is 0.198. The van der Waals surface area contributed by atoms with Gasteiger partial charge < -0.3 is 0 Å². The summed E-state index contributed by atoms with van der Waals surface area (Å²) in [5.74, 6) is 1.35. The van der Waals surface area contributed by atoms with E-state index >= 15 is 0 Å². The van der Waals surface area contributed by atoms with Crippen LogP contribution in [0.15, 0.2) is 48.8 Å². The van der Waals surface area contributed by atoms with E-state index in [-0.39, 0.29) is 0 Å². The lowest BCUT2D eigenvalue weighted by atomic mass is 9.94. The van der Waals surface area contributed by atoms with Crippen molar-refractivity contribution in [1.82, 2.24) is 25.1 Å². The molecule has 25 heavy (non-hydrogen) atoms. The van der Waals surface area contributed by atoms with E-state index in [1.165, 1.54) is 29.7 Å². The molecule has 0 spiro atoms. The van der Waals surface area contributed by atoms with E-state index in [1.807, 2.05) is 25.4 Å². The predicted octanol–water partition coefficient (Wildman–Crippen LogP) is 3.55. The first-order chi connectivity index (χ1) is 12.3. The number of nitrogens with one attached hydrogen (secondary N) is 1. The summed E-state index contributed by atoms with van der Waals surface area (Å²) < 4.78 is 0. The standard InChI is InChI=1S/C20H23N5/c1-15-21-10-9-19(23-15)17-8-5-11-25(13-17)14-18-12-22-24-20(18)16-6-3-2-4-7-16/h2-4,6-7,9-10,12,17H,5,8,11,13-14H2,1H3,(H,22,24)/t17-/m0/s1. The number of aromatic amines is 1. The van der Waals surface area contributed by atoms with Gasteiger partial charge in [0.2, 0.25) is 0 Å². The first-order valence-corrected chi connectivity index (χ1v) is 8.89. The third-order valence-electron chi connectivity index (χ3n) is 4.90. The first kappa shape index (κ1) is 16.0. The van der Waals surface area contributed by atoms with Crippen LogP contribution in [0.4, 0.5) is 0 Å². The number of aryl methyl sites for hydroxylation is 1. The molecule has 1 saturated heterocycles. The van der Waals surface area contributed by atoms with Gasteiger partial charge in [-0.1, -0.05) is 30.3 Å². The zero-order valence-corrected chi connectivity index (χ0v) is 14.5. The molecule has 1 N–H and O–H groups in total. The molecule has 0 saturated carbocycles. The van der Waals surface area contributed by atoms with Crippen LogP contribution in [0.2, 0.25) is 0 Å². The van der Waals surface area contributed by atoms with Crippen LogP contribution >= 0.6 is 0 Å². The van der Waals surface area contributed by atoms with Gasteiger partial charge >= 0.3 is 0 Å². The van der Waals surface area contributed by atoms with Crippen LogP contribution in [0.25, 0.3) is 11.3 Å². The van der Waals surface area contributed by atoms with Crippen molar-refractivity contribution < 1.29 is 0 Å². The maximum Gasteiger partial charge on any atom is 0.125 e. The number of hydrogen-bond donors (Lipinski definition) is 1. The number of H-pyrrole nitrogens is 1. The molecule has 4 rings (SSSR count). The van der Waals surface area contributed by atoms with Crippen molar-refractivity contribution >= 4 is 0 Å². The van der Waals surface area contributed by atoms with Gasteiger partial charge in [-0.3, -0.25) is 10.00 Å². The summed E-state index contributed by atoms with van der Waals surface area (Å²) in [4.78, 5) is 11.4. The molecule has 128 valence electrons. The SMILES string of the molecule is Cc1nccc([C@H]2CCCN(Cc3cn[nH]c3-c3ccccc3)C2)n1. The van der Waals surface area contributed by atoms with Crippen molar-refractivity contribution in [3.8, 4) is 11.3 Å². The molecule has 5 nitrogen and oxygen atoms in total. The summed E-state index contributed by atoms with van der Waals surface area (Å²) in [5, 5.41) is 7.45. The zero-order chi connectivity index (χ0) is 17.1. The number of likely N-dealkylation sites (tertiary alicyclic amines) is 1. The van der Waals surface area contributed by atoms with Gasteiger partial charge in [-0.25, -0.2) is 9.97 Å². The Hall–Kier alpha value is -2.53. The number of hydrogen-bond acceptors (Lipinski definition) is 4. The fraction of sp³-hybridized carbons (Fsp3) is 0.350. The molecule has 3 heterocycles. The normalized spacial score (nSPS) is 18.4. The summed E-state index contributed by atoms with van der Waals surface area (Å²) in [6.45, 7) is 5.04. The summed E-state index contributed by atoms with van der Waals surface area (Å²) in [6.07, 6.45) is 6.23. The van der Waals surface area contributed by atoms with Gasteiger partial charge in [-0.15, -0.1) is 0 Å². The second-order valence-electron chi connectivity index (χ2n) is 6.74. The summed E-state index contributed by atoms with van der Waals surface area (Å²) >= 11 is 0. The molecular formula is C20H23N5. The van der Waals surface area contributed by atoms with E-state index in [1.54, 1.807) is 0 Å². The van der Waals surface area contributed by atoms with Gasteiger partial charge in [-0.2, -0.15) is 5.10 Å². The Bertz CT molecular complexity index is 827. The van der Waals surface area contributed by atoms with Crippen molar-refractivity contribution in [1.29, 1.82) is 0 Å². The highest BCUT2D eigenvalue weighted by atomic mass is 15.2. The third-order valence-corrected chi connectivity index (χ3v) is 4.90. The predicted molar refractivity (Wildman–Crippen MR) is 98.0 cm³/mol. The van der Waals surface area contributed by atoms with E-state index in [9.17, 15) is 0 Å². The molecular weight excluding hydrogens is 310 g/mol. The van der Waals surface area contributed by atoms with Crippen LogP contribution in [0.1, 0.15) is 35.8 Å².